The third-order valence-electron chi connectivity index (χ3n) is 3.70. The average molecular weight is 384 g/mol. The minimum atomic E-state index is -0.534. The van der Waals surface area contributed by atoms with Crippen molar-refractivity contribution in [2.75, 3.05) is 5.32 Å². The molecule has 136 valence electrons. The van der Waals surface area contributed by atoms with Crippen molar-refractivity contribution in [3.8, 4) is 0 Å². The number of nitrogens with one attached hydrogen (secondary N) is 2. The second kappa shape index (κ2) is 8.42. The molecule has 0 spiro atoms. The number of amides is 2. The molecule has 3 aromatic rings. The molecule has 0 unspecified atom stereocenters. The molecular weight excluding hydrogens is 369 g/mol. The molecule has 0 saturated carbocycles. The summed E-state index contributed by atoms with van der Waals surface area (Å²) < 4.78 is 13.2. The van der Waals surface area contributed by atoms with Crippen LogP contribution in [-0.4, -0.2) is 16.8 Å². The van der Waals surface area contributed by atoms with Crippen LogP contribution < -0.4 is 10.6 Å². The number of aromatic nitrogens is 1. The molecule has 1 heterocycles. The lowest BCUT2D eigenvalue weighted by Crippen LogP contribution is -2.23. The Morgan fingerprint density at radius 3 is 2.52 bits per heavy atom. The van der Waals surface area contributed by atoms with Crippen molar-refractivity contribution < 1.29 is 14.0 Å². The molecule has 3 rings (SSSR count). The SMILES string of the molecule is O=C(NCc1ccc(Cl)cc1)c1ccnc(C(=O)Nc2cccc(F)c2)c1. The summed E-state index contributed by atoms with van der Waals surface area (Å²) in [6.07, 6.45) is 1.37. The van der Waals surface area contributed by atoms with Gasteiger partial charge in [-0.3, -0.25) is 14.6 Å². The zero-order chi connectivity index (χ0) is 19.2. The van der Waals surface area contributed by atoms with Crippen molar-refractivity contribution in [2.45, 2.75) is 6.54 Å². The van der Waals surface area contributed by atoms with Crippen molar-refractivity contribution in [3.63, 3.8) is 0 Å². The van der Waals surface area contributed by atoms with Crippen LogP contribution in [0.25, 0.3) is 0 Å². The van der Waals surface area contributed by atoms with Crippen LogP contribution in [-0.2, 0) is 6.54 Å². The average Bonchev–Trinajstić information content (AvgIpc) is 2.67. The topological polar surface area (TPSA) is 71.1 Å². The number of rotatable bonds is 5. The maximum atomic E-state index is 13.2. The summed E-state index contributed by atoms with van der Waals surface area (Å²) in [6.45, 7) is 0.323. The Bertz CT molecular complexity index is 977. The van der Waals surface area contributed by atoms with Crippen molar-refractivity contribution in [2.24, 2.45) is 0 Å². The number of carbonyl (C=O) groups excluding carboxylic acids is 2. The standard InChI is InChI=1S/C20H15ClFN3O2/c21-15-6-4-13(5-7-15)12-24-19(26)14-8-9-23-18(10-14)20(27)25-17-3-1-2-16(22)11-17/h1-11H,12H2,(H,24,26)(H,25,27). The second-order valence-corrected chi connectivity index (χ2v) is 6.14. The van der Waals surface area contributed by atoms with Crippen LogP contribution in [0.3, 0.4) is 0 Å². The number of carbonyl (C=O) groups is 2. The van der Waals surface area contributed by atoms with Gasteiger partial charge in [-0.25, -0.2) is 4.39 Å². The largest absolute Gasteiger partial charge is 0.348 e. The third kappa shape index (κ3) is 5.12. The third-order valence-corrected chi connectivity index (χ3v) is 3.96. The first-order chi connectivity index (χ1) is 13.0. The quantitative estimate of drug-likeness (QED) is 0.698. The number of halogens is 2. The molecule has 0 aliphatic rings. The molecule has 7 heteroatoms. The zero-order valence-electron chi connectivity index (χ0n) is 14.1. The van der Waals surface area contributed by atoms with Crippen LogP contribution in [0.5, 0.6) is 0 Å². The first-order valence-electron chi connectivity index (χ1n) is 8.07. The van der Waals surface area contributed by atoms with E-state index in [9.17, 15) is 14.0 Å². The Balaban J connectivity index is 1.66. The van der Waals surface area contributed by atoms with Gasteiger partial charge in [0.05, 0.1) is 0 Å². The summed E-state index contributed by atoms with van der Waals surface area (Å²) in [5.74, 6) is -1.34. The van der Waals surface area contributed by atoms with Gasteiger partial charge >= 0.3 is 0 Å². The lowest BCUT2D eigenvalue weighted by molar-refractivity contribution is 0.0951. The molecule has 5 nitrogen and oxygen atoms in total. The number of benzene rings is 2. The first kappa shape index (κ1) is 18.5. The van der Waals surface area contributed by atoms with Gasteiger partial charge < -0.3 is 10.6 Å². The number of hydrogen-bond donors (Lipinski definition) is 2. The number of nitrogens with zero attached hydrogens (tertiary/aromatic N) is 1. The van der Waals surface area contributed by atoms with E-state index in [2.05, 4.69) is 15.6 Å². The van der Waals surface area contributed by atoms with Gasteiger partial charge in [0.15, 0.2) is 0 Å². The van der Waals surface area contributed by atoms with Gasteiger partial charge in [0.2, 0.25) is 0 Å². The van der Waals surface area contributed by atoms with Crippen LogP contribution in [0.15, 0.2) is 66.9 Å². The Hall–Kier alpha value is -3.25. The second-order valence-electron chi connectivity index (χ2n) is 5.70. The minimum absolute atomic E-state index is 0.0541. The Morgan fingerprint density at radius 1 is 1.00 bits per heavy atom. The lowest BCUT2D eigenvalue weighted by atomic mass is 10.2. The number of pyridine rings is 1. The fourth-order valence-corrected chi connectivity index (χ4v) is 2.47. The summed E-state index contributed by atoms with van der Waals surface area (Å²) in [5.41, 5.74) is 1.55. The van der Waals surface area contributed by atoms with E-state index in [-0.39, 0.29) is 11.6 Å². The predicted molar refractivity (Wildman–Crippen MR) is 101 cm³/mol. The monoisotopic (exact) mass is 383 g/mol. The van der Waals surface area contributed by atoms with Crippen molar-refractivity contribution in [3.05, 3.63) is 94.5 Å². The summed E-state index contributed by atoms with van der Waals surface area (Å²) in [5, 5.41) is 5.93. The van der Waals surface area contributed by atoms with E-state index in [1.165, 1.54) is 36.5 Å². The molecule has 0 fully saturated rings. The highest BCUT2D eigenvalue weighted by atomic mass is 35.5. The van der Waals surface area contributed by atoms with Crippen LogP contribution in [0.2, 0.25) is 5.02 Å². The normalized spacial score (nSPS) is 10.3. The van der Waals surface area contributed by atoms with Crippen LogP contribution >= 0.6 is 11.6 Å². The number of anilines is 1. The summed E-state index contributed by atoms with van der Waals surface area (Å²) in [7, 11) is 0. The summed E-state index contributed by atoms with van der Waals surface area (Å²) in [4.78, 5) is 28.6. The molecule has 2 aromatic carbocycles. The minimum Gasteiger partial charge on any atom is -0.348 e. The maximum absolute atomic E-state index is 13.2. The van der Waals surface area contributed by atoms with E-state index >= 15 is 0 Å². The molecule has 0 atom stereocenters. The van der Waals surface area contributed by atoms with Crippen molar-refractivity contribution in [1.29, 1.82) is 0 Å². The van der Waals surface area contributed by atoms with E-state index in [0.717, 1.165) is 5.56 Å². The first-order valence-corrected chi connectivity index (χ1v) is 8.45. The van der Waals surface area contributed by atoms with Gasteiger partial charge in [-0.15, -0.1) is 0 Å². The van der Waals surface area contributed by atoms with Gasteiger partial charge in [0.25, 0.3) is 11.8 Å². The van der Waals surface area contributed by atoms with E-state index in [0.29, 0.717) is 22.8 Å². The van der Waals surface area contributed by atoms with Crippen molar-refractivity contribution in [1.82, 2.24) is 10.3 Å². The predicted octanol–water partition coefficient (Wildman–Crippen LogP) is 4.06. The zero-order valence-corrected chi connectivity index (χ0v) is 14.8. The molecule has 0 saturated heterocycles. The van der Waals surface area contributed by atoms with E-state index in [4.69, 9.17) is 11.6 Å². The summed E-state index contributed by atoms with van der Waals surface area (Å²) >= 11 is 5.83. The lowest BCUT2D eigenvalue weighted by Gasteiger charge is -2.08. The van der Waals surface area contributed by atoms with Gasteiger partial charge in [-0.05, 0) is 48.0 Å². The van der Waals surface area contributed by atoms with E-state index < -0.39 is 11.7 Å². The molecule has 2 N–H and O–H groups in total. The maximum Gasteiger partial charge on any atom is 0.274 e. The van der Waals surface area contributed by atoms with Crippen LogP contribution in [0, 0.1) is 5.82 Å². The molecule has 27 heavy (non-hydrogen) atoms. The van der Waals surface area contributed by atoms with Crippen molar-refractivity contribution >= 4 is 29.1 Å². The van der Waals surface area contributed by atoms with Crippen LogP contribution in [0.4, 0.5) is 10.1 Å². The Labute approximate surface area is 160 Å². The van der Waals surface area contributed by atoms with Gasteiger partial charge in [-0.2, -0.15) is 0 Å². The van der Waals surface area contributed by atoms with E-state index in [1.54, 1.807) is 18.2 Å². The highest BCUT2D eigenvalue weighted by molar-refractivity contribution is 6.30. The van der Waals surface area contributed by atoms with E-state index in [1.807, 2.05) is 12.1 Å². The van der Waals surface area contributed by atoms with Crippen LogP contribution in [0.1, 0.15) is 26.4 Å². The molecule has 0 aliphatic carbocycles. The Kier molecular flexibility index (Phi) is 5.78. The fourth-order valence-electron chi connectivity index (χ4n) is 2.34. The molecule has 0 aliphatic heterocycles. The summed E-state index contributed by atoms with van der Waals surface area (Å²) in [6, 6.07) is 15.5. The molecule has 0 radical (unpaired) electrons. The molecule has 0 bridgehead atoms. The highest BCUT2D eigenvalue weighted by Crippen LogP contribution is 2.12. The Morgan fingerprint density at radius 2 is 1.78 bits per heavy atom. The van der Waals surface area contributed by atoms with Gasteiger partial charge in [0.1, 0.15) is 11.5 Å². The fraction of sp³-hybridized carbons (Fsp3) is 0.0500. The molecule has 1 aromatic heterocycles. The smallest absolute Gasteiger partial charge is 0.274 e. The number of hydrogen-bond acceptors (Lipinski definition) is 3. The van der Waals surface area contributed by atoms with Gasteiger partial charge in [0, 0.05) is 29.0 Å². The molecular formula is C20H15ClFN3O2. The molecule has 2 amide bonds. The van der Waals surface area contributed by atoms with Gasteiger partial charge in [-0.1, -0.05) is 29.8 Å². The highest BCUT2D eigenvalue weighted by Gasteiger charge is 2.12.